The van der Waals surface area contributed by atoms with Gasteiger partial charge in [-0.05, 0) is 42.3 Å². The van der Waals surface area contributed by atoms with E-state index in [2.05, 4.69) is 10.6 Å². The van der Waals surface area contributed by atoms with Crippen molar-refractivity contribution >= 4 is 17.8 Å². The van der Waals surface area contributed by atoms with Crippen molar-refractivity contribution < 1.29 is 23.9 Å². The van der Waals surface area contributed by atoms with Crippen LogP contribution in [-0.4, -0.2) is 38.0 Å². The fourth-order valence-corrected chi connectivity index (χ4v) is 2.52. The highest BCUT2D eigenvalue weighted by Gasteiger charge is 2.08. The Morgan fingerprint density at radius 1 is 0.929 bits per heavy atom. The average molecular weight is 384 g/mol. The van der Waals surface area contributed by atoms with Crippen molar-refractivity contribution in [1.82, 2.24) is 10.6 Å². The van der Waals surface area contributed by atoms with Gasteiger partial charge in [-0.15, -0.1) is 0 Å². The van der Waals surface area contributed by atoms with Crippen LogP contribution in [0.25, 0.3) is 0 Å². The molecule has 2 aromatic carbocycles. The number of esters is 1. The minimum Gasteiger partial charge on any atom is -0.497 e. The lowest BCUT2D eigenvalue weighted by Crippen LogP contribution is -2.30. The summed E-state index contributed by atoms with van der Waals surface area (Å²) in [5.74, 6) is 0.239. The molecular formula is C21H24N2O5. The number of hydrogen-bond acceptors (Lipinski definition) is 5. The van der Waals surface area contributed by atoms with E-state index in [-0.39, 0.29) is 18.2 Å². The van der Waals surface area contributed by atoms with Gasteiger partial charge in [0, 0.05) is 25.6 Å². The Morgan fingerprint density at radius 2 is 1.64 bits per heavy atom. The van der Waals surface area contributed by atoms with Gasteiger partial charge in [0.2, 0.25) is 5.91 Å². The number of methoxy groups -OCH3 is 1. The molecule has 2 N–H and O–H groups in total. The molecule has 0 heterocycles. The topological polar surface area (TPSA) is 93.7 Å². The number of hydrogen-bond donors (Lipinski definition) is 2. The largest absolute Gasteiger partial charge is 0.497 e. The quantitative estimate of drug-likeness (QED) is 0.392. The normalized spacial score (nSPS) is 10.1. The lowest BCUT2D eigenvalue weighted by Gasteiger charge is -2.08. The van der Waals surface area contributed by atoms with E-state index < -0.39 is 5.97 Å². The van der Waals surface area contributed by atoms with Gasteiger partial charge in [-0.3, -0.25) is 14.4 Å². The summed E-state index contributed by atoms with van der Waals surface area (Å²) in [6.07, 6.45) is 0.867. The molecule has 28 heavy (non-hydrogen) atoms. The van der Waals surface area contributed by atoms with Crippen LogP contribution in [0.1, 0.15) is 29.3 Å². The van der Waals surface area contributed by atoms with E-state index in [4.69, 9.17) is 9.47 Å². The Hall–Kier alpha value is -3.35. The van der Waals surface area contributed by atoms with Crippen LogP contribution in [0.4, 0.5) is 0 Å². The van der Waals surface area contributed by atoms with E-state index in [1.807, 2.05) is 24.3 Å². The Kier molecular flexibility index (Phi) is 8.02. The number of carbonyl (C=O) groups excluding carboxylic acids is 3. The van der Waals surface area contributed by atoms with Crippen molar-refractivity contribution in [3.8, 4) is 11.5 Å². The predicted molar refractivity (Wildman–Crippen MR) is 104 cm³/mol. The van der Waals surface area contributed by atoms with Gasteiger partial charge >= 0.3 is 5.97 Å². The monoisotopic (exact) mass is 384 g/mol. The van der Waals surface area contributed by atoms with Crippen LogP contribution in [0.5, 0.6) is 11.5 Å². The number of benzene rings is 2. The molecule has 0 spiro atoms. The van der Waals surface area contributed by atoms with Crippen molar-refractivity contribution in [2.24, 2.45) is 0 Å². The van der Waals surface area contributed by atoms with Crippen LogP contribution in [0.2, 0.25) is 0 Å². The zero-order valence-electron chi connectivity index (χ0n) is 16.0. The molecule has 2 aromatic rings. The smallest absolute Gasteiger partial charge is 0.308 e. The molecule has 0 aliphatic rings. The van der Waals surface area contributed by atoms with Crippen molar-refractivity contribution in [1.29, 1.82) is 0 Å². The first-order valence-corrected chi connectivity index (χ1v) is 8.94. The first-order valence-electron chi connectivity index (χ1n) is 8.94. The molecule has 148 valence electrons. The van der Waals surface area contributed by atoms with Gasteiger partial charge in [0.1, 0.15) is 11.5 Å². The third kappa shape index (κ3) is 7.11. The van der Waals surface area contributed by atoms with Crippen LogP contribution in [0.15, 0.2) is 48.5 Å². The number of amides is 2. The van der Waals surface area contributed by atoms with Crippen LogP contribution >= 0.6 is 0 Å². The third-order valence-electron chi connectivity index (χ3n) is 3.82. The zero-order chi connectivity index (χ0) is 20.4. The summed E-state index contributed by atoms with van der Waals surface area (Å²) in [4.78, 5) is 35.1. The van der Waals surface area contributed by atoms with Crippen molar-refractivity contribution in [3.05, 3.63) is 59.7 Å². The molecule has 0 fully saturated rings. The Bertz CT molecular complexity index is 835. The van der Waals surface area contributed by atoms with Crippen LogP contribution in [0.3, 0.4) is 0 Å². The molecule has 7 heteroatoms. The van der Waals surface area contributed by atoms with Crippen LogP contribution in [-0.2, 0) is 16.0 Å². The average Bonchev–Trinajstić information content (AvgIpc) is 2.67. The van der Waals surface area contributed by atoms with E-state index >= 15 is 0 Å². The standard InChI is InChI=1S/C21H24N2O5/c1-15(24)28-19-9-4-7-17(14-19)21(26)23-11-5-10-22-20(25)13-16-6-3-8-18(12-16)27-2/h3-4,6-9,12,14H,5,10-11,13H2,1-2H3,(H,22,25)(H,23,26). The maximum Gasteiger partial charge on any atom is 0.308 e. The summed E-state index contributed by atoms with van der Waals surface area (Å²) in [7, 11) is 1.58. The lowest BCUT2D eigenvalue weighted by atomic mass is 10.1. The van der Waals surface area contributed by atoms with Crippen molar-refractivity contribution in [2.45, 2.75) is 19.8 Å². The van der Waals surface area contributed by atoms with Gasteiger partial charge in [0.05, 0.1) is 13.5 Å². The number of nitrogens with one attached hydrogen (secondary N) is 2. The van der Waals surface area contributed by atoms with Gasteiger partial charge in [0.25, 0.3) is 5.91 Å². The van der Waals surface area contributed by atoms with Gasteiger partial charge < -0.3 is 20.1 Å². The maximum atomic E-state index is 12.1. The molecule has 0 unspecified atom stereocenters. The van der Waals surface area contributed by atoms with Gasteiger partial charge in [0.15, 0.2) is 0 Å². The van der Waals surface area contributed by atoms with Crippen LogP contribution in [0, 0.1) is 0 Å². The molecule has 0 aromatic heterocycles. The fraction of sp³-hybridized carbons (Fsp3) is 0.286. The summed E-state index contributed by atoms with van der Waals surface area (Å²) in [6, 6.07) is 13.8. The van der Waals surface area contributed by atoms with Crippen LogP contribution < -0.4 is 20.1 Å². The summed E-state index contributed by atoms with van der Waals surface area (Å²) < 4.78 is 10.1. The molecule has 0 saturated carbocycles. The highest BCUT2D eigenvalue weighted by Crippen LogP contribution is 2.14. The van der Waals surface area contributed by atoms with Crippen molar-refractivity contribution in [2.75, 3.05) is 20.2 Å². The highest BCUT2D eigenvalue weighted by molar-refractivity contribution is 5.94. The second-order valence-electron chi connectivity index (χ2n) is 6.11. The molecule has 0 saturated heterocycles. The van der Waals surface area contributed by atoms with E-state index in [0.717, 1.165) is 5.56 Å². The lowest BCUT2D eigenvalue weighted by molar-refractivity contribution is -0.131. The molecule has 0 aliphatic heterocycles. The summed E-state index contributed by atoms with van der Waals surface area (Å²) in [5.41, 5.74) is 1.28. The van der Waals surface area contributed by atoms with E-state index in [9.17, 15) is 14.4 Å². The second-order valence-corrected chi connectivity index (χ2v) is 6.11. The first kappa shape index (κ1) is 21.0. The molecule has 2 rings (SSSR count). The van der Waals surface area contributed by atoms with Gasteiger partial charge in [-0.1, -0.05) is 18.2 Å². The zero-order valence-corrected chi connectivity index (χ0v) is 16.0. The third-order valence-corrected chi connectivity index (χ3v) is 3.82. The van der Waals surface area contributed by atoms with E-state index in [0.29, 0.717) is 36.6 Å². The molecule has 7 nitrogen and oxygen atoms in total. The van der Waals surface area contributed by atoms with E-state index in [1.54, 1.807) is 25.3 Å². The summed E-state index contributed by atoms with van der Waals surface area (Å²) >= 11 is 0. The molecule has 0 radical (unpaired) electrons. The molecule has 0 aliphatic carbocycles. The maximum absolute atomic E-state index is 12.1. The Balaban J connectivity index is 1.68. The Morgan fingerprint density at radius 3 is 2.39 bits per heavy atom. The van der Waals surface area contributed by atoms with E-state index in [1.165, 1.54) is 13.0 Å². The number of rotatable bonds is 9. The number of ether oxygens (including phenoxy) is 2. The molecule has 0 atom stereocenters. The summed E-state index contributed by atoms with van der Waals surface area (Å²) in [5, 5.41) is 5.60. The van der Waals surface area contributed by atoms with Crippen molar-refractivity contribution in [3.63, 3.8) is 0 Å². The van der Waals surface area contributed by atoms with Gasteiger partial charge in [-0.2, -0.15) is 0 Å². The molecule has 0 bridgehead atoms. The summed E-state index contributed by atoms with van der Waals surface area (Å²) in [6.45, 7) is 2.17. The SMILES string of the molecule is COc1cccc(CC(=O)NCCCNC(=O)c2cccc(OC(C)=O)c2)c1. The molecule has 2 amide bonds. The minimum atomic E-state index is -0.442. The molecular weight excluding hydrogens is 360 g/mol. The second kappa shape index (κ2) is 10.7. The minimum absolute atomic E-state index is 0.0892. The predicted octanol–water partition coefficient (Wildman–Crippen LogP) is 2.10. The highest BCUT2D eigenvalue weighted by atomic mass is 16.5. The number of carbonyl (C=O) groups is 3. The Labute approximate surface area is 164 Å². The van der Waals surface area contributed by atoms with Gasteiger partial charge in [-0.25, -0.2) is 0 Å². The fourth-order valence-electron chi connectivity index (χ4n) is 2.52. The first-order chi connectivity index (χ1) is 13.5.